The van der Waals surface area contributed by atoms with E-state index >= 15 is 0 Å². The fourth-order valence-electron chi connectivity index (χ4n) is 2.45. The van der Waals surface area contributed by atoms with E-state index < -0.39 is 0 Å². The Morgan fingerprint density at radius 3 is 2.43 bits per heavy atom. The van der Waals surface area contributed by atoms with Crippen LogP contribution in [-0.2, 0) is 12.0 Å². The summed E-state index contributed by atoms with van der Waals surface area (Å²) in [6, 6.07) is 12.2. The highest BCUT2D eigenvalue weighted by Crippen LogP contribution is 2.41. The first kappa shape index (κ1) is 16.2. The molecule has 2 aromatic heterocycles. The molecule has 0 aliphatic heterocycles. The Morgan fingerprint density at radius 1 is 1.13 bits per heavy atom. The van der Waals surface area contributed by atoms with Crippen LogP contribution in [0.5, 0.6) is 0 Å². The molecular weight excluding hydrogens is 322 g/mol. The number of hydrogen-bond donors (Lipinski definition) is 1. The van der Waals surface area contributed by atoms with Crippen LogP contribution in [0.4, 0.5) is 0 Å². The summed E-state index contributed by atoms with van der Waals surface area (Å²) in [6.45, 7) is 9.30. The number of benzene rings is 1. The molecular formula is C19H21NOS2. The first-order valence-electron chi connectivity index (χ1n) is 7.72. The fraction of sp³-hybridized carbons (Fsp3) is 0.316. The van der Waals surface area contributed by atoms with Crippen molar-refractivity contribution in [2.75, 3.05) is 0 Å². The predicted molar refractivity (Wildman–Crippen MR) is 101 cm³/mol. The van der Waals surface area contributed by atoms with Crippen LogP contribution in [-0.4, -0.2) is 5.91 Å². The summed E-state index contributed by atoms with van der Waals surface area (Å²) in [6.07, 6.45) is 0. The monoisotopic (exact) mass is 343 g/mol. The lowest BCUT2D eigenvalue weighted by atomic mass is 9.95. The molecule has 2 heterocycles. The van der Waals surface area contributed by atoms with E-state index in [2.05, 4.69) is 39.1 Å². The second kappa shape index (κ2) is 6.10. The summed E-state index contributed by atoms with van der Waals surface area (Å²) in [5, 5.41) is 3.03. The van der Waals surface area contributed by atoms with Crippen molar-refractivity contribution in [1.29, 1.82) is 0 Å². The number of carbonyl (C=O) groups is 1. The zero-order valence-electron chi connectivity index (χ0n) is 13.9. The van der Waals surface area contributed by atoms with Gasteiger partial charge in [0.1, 0.15) is 0 Å². The van der Waals surface area contributed by atoms with Crippen LogP contribution in [0.1, 0.15) is 46.4 Å². The zero-order valence-corrected chi connectivity index (χ0v) is 15.5. The molecule has 0 unspecified atom stereocenters. The SMILES string of the molecule is Cc1c(C(=O)NCc2ccccc2)sc2cc(C(C)(C)C)sc12. The molecule has 0 saturated heterocycles. The van der Waals surface area contributed by atoms with E-state index in [1.807, 2.05) is 41.7 Å². The van der Waals surface area contributed by atoms with E-state index in [-0.39, 0.29) is 11.3 Å². The van der Waals surface area contributed by atoms with Gasteiger partial charge in [-0.25, -0.2) is 0 Å². The lowest BCUT2D eigenvalue weighted by Crippen LogP contribution is -2.22. The average molecular weight is 344 g/mol. The van der Waals surface area contributed by atoms with Gasteiger partial charge in [-0.05, 0) is 29.5 Å². The molecule has 0 saturated carbocycles. The molecule has 120 valence electrons. The minimum absolute atomic E-state index is 0.0251. The summed E-state index contributed by atoms with van der Waals surface area (Å²) < 4.78 is 2.48. The number of thiophene rings is 2. The maximum Gasteiger partial charge on any atom is 0.261 e. The molecule has 3 rings (SSSR count). The minimum Gasteiger partial charge on any atom is -0.347 e. The van der Waals surface area contributed by atoms with Gasteiger partial charge in [0, 0.05) is 20.8 Å². The van der Waals surface area contributed by atoms with Crippen molar-refractivity contribution in [2.45, 2.75) is 39.7 Å². The second-order valence-corrected chi connectivity index (χ2v) is 8.88. The Bertz CT molecular complexity index is 838. The standard InChI is InChI=1S/C19H21NOS2/c1-12-16-14(10-15(23-16)19(2,3)4)22-17(12)18(21)20-11-13-8-6-5-7-9-13/h5-10H,11H2,1-4H3,(H,20,21). The highest BCUT2D eigenvalue weighted by Gasteiger charge is 2.22. The topological polar surface area (TPSA) is 29.1 Å². The second-order valence-electron chi connectivity index (χ2n) is 6.78. The fourth-order valence-corrected chi connectivity index (χ4v) is 5.02. The van der Waals surface area contributed by atoms with Crippen LogP contribution >= 0.6 is 22.7 Å². The molecule has 0 atom stereocenters. The molecule has 23 heavy (non-hydrogen) atoms. The van der Waals surface area contributed by atoms with Gasteiger partial charge < -0.3 is 5.32 Å². The van der Waals surface area contributed by atoms with Crippen molar-refractivity contribution in [2.24, 2.45) is 0 Å². The van der Waals surface area contributed by atoms with Crippen LogP contribution < -0.4 is 5.32 Å². The van der Waals surface area contributed by atoms with Crippen LogP contribution in [0, 0.1) is 6.92 Å². The number of fused-ring (bicyclic) bond motifs is 1. The molecule has 0 spiro atoms. The van der Waals surface area contributed by atoms with E-state index in [0.29, 0.717) is 6.54 Å². The Balaban J connectivity index is 1.81. The summed E-state index contributed by atoms with van der Waals surface area (Å²) in [5.41, 5.74) is 2.38. The molecule has 1 aromatic carbocycles. The lowest BCUT2D eigenvalue weighted by Gasteiger charge is -2.15. The van der Waals surface area contributed by atoms with Crippen LogP contribution in [0.2, 0.25) is 0 Å². The first-order chi connectivity index (χ1) is 10.9. The van der Waals surface area contributed by atoms with Gasteiger partial charge in [0.15, 0.2) is 0 Å². The molecule has 0 fully saturated rings. The molecule has 0 radical (unpaired) electrons. The Kier molecular flexibility index (Phi) is 4.30. The molecule has 0 aliphatic rings. The number of aryl methyl sites for hydroxylation is 1. The Labute approximate surface area is 145 Å². The van der Waals surface area contributed by atoms with Gasteiger partial charge in [-0.3, -0.25) is 4.79 Å². The van der Waals surface area contributed by atoms with Crippen molar-refractivity contribution in [1.82, 2.24) is 5.32 Å². The minimum atomic E-state index is 0.0251. The number of rotatable bonds is 3. The molecule has 1 N–H and O–H groups in total. The Morgan fingerprint density at radius 2 is 1.83 bits per heavy atom. The van der Waals surface area contributed by atoms with E-state index in [9.17, 15) is 4.79 Å². The average Bonchev–Trinajstić information content (AvgIpc) is 3.06. The van der Waals surface area contributed by atoms with Crippen molar-refractivity contribution < 1.29 is 4.79 Å². The zero-order chi connectivity index (χ0) is 16.6. The first-order valence-corrected chi connectivity index (χ1v) is 9.35. The van der Waals surface area contributed by atoms with Crippen molar-refractivity contribution in [3.63, 3.8) is 0 Å². The van der Waals surface area contributed by atoms with Crippen LogP contribution in [0.3, 0.4) is 0 Å². The molecule has 1 amide bonds. The van der Waals surface area contributed by atoms with Gasteiger partial charge in [0.2, 0.25) is 0 Å². The summed E-state index contributed by atoms with van der Waals surface area (Å²) in [5.74, 6) is 0.0251. The van der Waals surface area contributed by atoms with Gasteiger partial charge in [-0.2, -0.15) is 0 Å². The third kappa shape index (κ3) is 3.33. The molecule has 3 aromatic rings. The van der Waals surface area contributed by atoms with Crippen molar-refractivity contribution >= 4 is 38.0 Å². The number of nitrogens with one attached hydrogen (secondary N) is 1. The molecule has 2 nitrogen and oxygen atoms in total. The van der Waals surface area contributed by atoms with Crippen LogP contribution in [0.25, 0.3) is 9.40 Å². The quantitative estimate of drug-likeness (QED) is 0.668. The smallest absolute Gasteiger partial charge is 0.261 e. The normalized spacial score (nSPS) is 11.8. The maximum atomic E-state index is 12.5. The highest BCUT2D eigenvalue weighted by molar-refractivity contribution is 7.29. The van der Waals surface area contributed by atoms with E-state index in [4.69, 9.17) is 0 Å². The highest BCUT2D eigenvalue weighted by atomic mass is 32.1. The van der Waals surface area contributed by atoms with E-state index in [0.717, 1.165) is 16.0 Å². The van der Waals surface area contributed by atoms with Gasteiger partial charge in [0.05, 0.1) is 4.88 Å². The number of hydrogen-bond acceptors (Lipinski definition) is 3. The van der Waals surface area contributed by atoms with Gasteiger partial charge >= 0.3 is 0 Å². The largest absolute Gasteiger partial charge is 0.347 e. The third-order valence-electron chi connectivity index (χ3n) is 3.83. The van der Waals surface area contributed by atoms with Gasteiger partial charge in [-0.15, -0.1) is 22.7 Å². The summed E-state index contributed by atoms with van der Waals surface area (Å²) >= 11 is 3.42. The van der Waals surface area contributed by atoms with Gasteiger partial charge in [0.25, 0.3) is 5.91 Å². The molecule has 4 heteroatoms. The van der Waals surface area contributed by atoms with Gasteiger partial charge in [-0.1, -0.05) is 51.1 Å². The maximum absolute atomic E-state index is 12.5. The molecule has 0 aliphatic carbocycles. The predicted octanol–water partition coefficient (Wildman–Crippen LogP) is 5.50. The van der Waals surface area contributed by atoms with Crippen molar-refractivity contribution in [3.05, 3.63) is 57.3 Å². The molecule has 0 bridgehead atoms. The van der Waals surface area contributed by atoms with Crippen LogP contribution in [0.15, 0.2) is 36.4 Å². The summed E-state index contributed by atoms with van der Waals surface area (Å²) in [4.78, 5) is 14.7. The third-order valence-corrected chi connectivity index (χ3v) is 6.88. The van der Waals surface area contributed by atoms with E-state index in [1.54, 1.807) is 11.3 Å². The summed E-state index contributed by atoms with van der Waals surface area (Å²) in [7, 11) is 0. The van der Waals surface area contributed by atoms with Crippen molar-refractivity contribution in [3.8, 4) is 0 Å². The number of carbonyl (C=O) groups excluding carboxylic acids is 1. The lowest BCUT2D eigenvalue weighted by molar-refractivity contribution is 0.0954. The Hall–Kier alpha value is -1.65. The number of amides is 1. The van der Waals surface area contributed by atoms with E-state index in [1.165, 1.54) is 14.3 Å².